The summed E-state index contributed by atoms with van der Waals surface area (Å²) in [5, 5.41) is 7.47. The van der Waals surface area contributed by atoms with E-state index >= 15 is 0 Å². The summed E-state index contributed by atoms with van der Waals surface area (Å²) >= 11 is 3.32. The lowest BCUT2D eigenvalue weighted by atomic mass is 10.2. The number of aromatic nitrogens is 3. The van der Waals surface area contributed by atoms with Crippen LogP contribution in [-0.2, 0) is 6.98 Å². The van der Waals surface area contributed by atoms with Crippen LogP contribution in [0.3, 0.4) is 0 Å². The van der Waals surface area contributed by atoms with Gasteiger partial charge in [0.15, 0.2) is 0 Å². The maximum absolute atomic E-state index is 7.29. The highest BCUT2D eigenvalue weighted by Gasteiger charge is 2.05. The summed E-state index contributed by atoms with van der Waals surface area (Å²) < 4.78 is 23.5. The number of halogens is 1. The zero-order valence-electron chi connectivity index (χ0n) is 9.37. The number of hydrogen-bond acceptors (Lipinski definition) is 2. The van der Waals surface area contributed by atoms with Gasteiger partial charge in [0, 0.05) is 15.6 Å². The lowest BCUT2D eigenvalue weighted by molar-refractivity contribution is 0.735. The summed E-state index contributed by atoms with van der Waals surface area (Å²) in [6.45, 7) is -0.384. The molecule has 0 saturated heterocycles. The third kappa shape index (κ3) is 1.03. The van der Waals surface area contributed by atoms with E-state index in [9.17, 15) is 0 Å². The molecular formula is C8H8BrN3. The topological polar surface area (TPSA) is 30.7 Å². The van der Waals surface area contributed by atoms with Gasteiger partial charge < -0.3 is 0 Å². The Bertz CT molecular complexity index is 518. The molecule has 0 atom stereocenters. The molecule has 62 valence electrons. The molecule has 2 rings (SSSR count). The molecule has 1 aromatic heterocycles. The lowest BCUT2D eigenvalue weighted by Crippen LogP contribution is -1.90. The van der Waals surface area contributed by atoms with E-state index in [1.165, 1.54) is 0 Å². The highest BCUT2D eigenvalue weighted by Crippen LogP contribution is 2.23. The molecule has 12 heavy (non-hydrogen) atoms. The minimum Gasteiger partial charge on any atom is -0.247 e. The second kappa shape index (κ2) is 2.55. The predicted octanol–water partition coefficient (Wildman–Crippen LogP) is 2.04. The fourth-order valence-corrected chi connectivity index (χ4v) is 1.87. The van der Waals surface area contributed by atoms with Gasteiger partial charge in [-0.3, -0.25) is 0 Å². The minimum absolute atomic E-state index is 0.501. The molecule has 1 aromatic carbocycles. The van der Waals surface area contributed by atoms with Crippen molar-refractivity contribution in [2.75, 3.05) is 0 Å². The molecule has 0 radical (unpaired) electrons. The fraction of sp³-hybridized carbons (Fsp3) is 0.250. The molecule has 1 heterocycles. The highest BCUT2D eigenvalue weighted by molar-refractivity contribution is 9.10. The van der Waals surface area contributed by atoms with Gasteiger partial charge in [0.2, 0.25) is 0 Å². The Morgan fingerprint density at radius 2 is 2.42 bits per heavy atom. The van der Waals surface area contributed by atoms with Crippen LogP contribution in [0.1, 0.15) is 9.68 Å². The number of aryl methyl sites for hydroxylation is 2. The maximum atomic E-state index is 7.29. The Kier molecular flexibility index (Phi) is 1.06. The van der Waals surface area contributed by atoms with Gasteiger partial charge in [0.05, 0.1) is 0 Å². The highest BCUT2D eigenvalue weighted by atomic mass is 79.9. The minimum atomic E-state index is -2.30. The van der Waals surface area contributed by atoms with E-state index < -0.39 is 6.98 Å². The van der Waals surface area contributed by atoms with Gasteiger partial charge in [0.25, 0.3) is 0 Å². The molecule has 0 aliphatic heterocycles. The molecule has 0 N–H and O–H groups in total. The van der Waals surface area contributed by atoms with Crippen LogP contribution in [0.4, 0.5) is 0 Å². The zero-order chi connectivity index (χ0) is 11.2. The van der Waals surface area contributed by atoms with Crippen molar-refractivity contribution in [1.29, 1.82) is 0 Å². The first-order chi connectivity index (χ1) is 6.89. The molecule has 0 bridgehead atoms. The molecule has 4 heteroatoms. The molecule has 0 amide bonds. The van der Waals surface area contributed by atoms with Crippen LogP contribution in [0, 0.1) is 6.92 Å². The number of nitrogens with zero attached hydrogens (tertiary/aromatic N) is 3. The summed E-state index contributed by atoms with van der Waals surface area (Å²) in [5.74, 6) is 0. The van der Waals surface area contributed by atoms with Crippen LogP contribution < -0.4 is 0 Å². The fourth-order valence-electron chi connectivity index (χ4n) is 1.14. The summed E-state index contributed by atoms with van der Waals surface area (Å²) in [5.41, 5.74) is 2.09. The van der Waals surface area contributed by atoms with Crippen molar-refractivity contribution in [3.05, 3.63) is 22.2 Å². The van der Waals surface area contributed by atoms with E-state index in [4.69, 9.17) is 4.11 Å². The summed E-state index contributed by atoms with van der Waals surface area (Å²) in [7, 11) is 0. The van der Waals surface area contributed by atoms with Gasteiger partial charge in [-0.15, -0.1) is 5.10 Å². The third-order valence-corrected chi connectivity index (χ3v) is 2.25. The van der Waals surface area contributed by atoms with E-state index in [1.54, 1.807) is 6.07 Å². The van der Waals surface area contributed by atoms with Gasteiger partial charge in [0.1, 0.15) is 11.0 Å². The molecule has 3 nitrogen and oxygen atoms in total. The second-order valence-corrected chi connectivity index (χ2v) is 3.47. The number of fused-ring (bicyclic) bond motifs is 1. The largest absolute Gasteiger partial charge is 0.247 e. The van der Waals surface area contributed by atoms with Crippen molar-refractivity contribution in [1.82, 2.24) is 15.0 Å². The Morgan fingerprint density at radius 3 is 3.17 bits per heavy atom. The first-order valence-electron chi connectivity index (χ1n) is 4.91. The summed E-state index contributed by atoms with van der Waals surface area (Å²) in [6, 6.07) is 3.64. The van der Waals surface area contributed by atoms with E-state index in [-0.39, 0.29) is 0 Å². The predicted molar refractivity (Wildman–Crippen MR) is 50.9 cm³/mol. The van der Waals surface area contributed by atoms with Crippen LogP contribution in [-0.4, -0.2) is 15.0 Å². The van der Waals surface area contributed by atoms with Crippen LogP contribution in [0.2, 0.25) is 0 Å². The zero-order valence-corrected chi connectivity index (χ0v) is 7.96. The molecule has 0 unspecified atom stereocenters. The standard InChI is InChI=1S/C8H8BrN3/c1-5-3-6(9)8-7(4-5)10-11-12(8)2/h3-4H,1-2H3/i2D3. The monoisotopic (exact) mass is 228 g/mol. The first-order valence-corrected chi connectivity index (χ1v) is 4.21. The molecule has 0 aliphatic rings. The van der Waals surface area contributed by atoms with Gasteiger partial charge in [-0.05, 0) is 40.5 Å². The lowest BCUT2D eigenvalue weighted by Gasteiger charge is -1.97. The van der Waals surface area contributed by atoms with E-state index in [0.29, 0.717) is 15.5 Å². The molecular weight excluding hydrogens is 218 g/mol. The maximum Gasteiger partial charge on any atom is 0.114 e. The van der Waals surface area contributed by atoms with Gasteiger partial charge in [-0.2, -0.15) is 0 Å². The van der Waals surface area contributed by atoms with E-state index in [0.717, 1.165) is 10.2 Å². The van der Waals surface area contributed by atoms with Crippen molar-refractivity contribution in [2.24, 2.45) is 6.98 Å². The van der Waals surface area contributed by atoms with Crippen LogP contribution >= 0.6 is 15.9 Å². The van der Waals surface area contributed by atoms with Gasteiger partial charge in [-0.25, -0.2) is 4.68 Å². The first kappa shape index (κ1) is 4.97. The number of hydrogen-bond donors (Lipinski definition) is 0. The SMILES string of the molecule is [2H]C([2H])([2H])n1nnc2cc(C)cc(Br)c21. The molecule has 0 spiro atoms. The van der Waals surface area contributed by atoms with Crippen LogP contribution in [0.25, 0.3) is 11.0 Å². The Labute approximate surface area is 82.7 Å². The van der Waals surface area contributed by atoms with Crippen molar-refractivity contribution < 1.29 is 4.11 Å². The molecule has 0 fully saturated rings. The Morgan fingerprint density at radius 1 is 1.58 bits per heavy atom. The Hall–Kier alpha value is -0.900. The van der Waals surface area contributed by atoms with Crippen molar-refractivity contribution >= 4 is 27.0 Å². The van der Waals surface area contributed by atoms with Crippen molar-refractivity contribution in [3.8, 4) is 0 Å². The van der Waals surface area contributed by atoms with Crippen LogP contribution in [0.5, 0.6) is 0 Å². The number of benzene rings is 1. The summed E-state index contributed by atoms with van der Waals surface area (Å²) in [4.78, 5) is 0. The van der Waals surface area contributed by atoms with E-state index in [1.807, 2.05) is 13.0 Å². The van der Waals surface area contributed by atoms with Crippen molar-refractivity contribution in [2.45, 2.75) is 6.92 Å². The quantitative estimate of drug-likeness (QED) is 0.692. The normalized spacial score (nSPS) is 15.7. The molecule has 0 aliphatic carbocycles. The Balaban J connectivity index is 2.81. The molecule has 0 saturated carbocycles. The van der Waals surface area contributed by atoms with Crippen LogP contribution in [0.15, 0.2) is 16.6 Å². The third-order valence-electron chi connectivity index (χ3n) is 1.64. The van der Waals surface area contributed by atoms with E-state index in [2.05, 4.69) is 26.2 Å². The number of rotatable bonds is 0. The average molecular weight is 229 g/mol. The second-order valence-electron chi connectivity index (χ2n) is 2.62. The van der Waals surface area contributed by atoms with Gasteiger partial charge >= 0.3 is 0 Å². The summed E-state index contributed by atoms with van der Waals surface area (Å²) in [6.07, 6.45) is 0. The average Bonchev–Trinajstić information content (AvgIpc) is 2.45. The van der Waals surface area contributed by atoms with Gasteiger partial charge in [-0.1, -0.05) is 5.21 Å². The van der Waals surface area contributed by atoms with Crippen molar-refractivity contribution in [3.63, 3.8) is 0 Å². The smallest absolute Gasteiger partial charge is 0.114 e. The molecule has 2 aromatic rings.